The first-order chi connectivity index (χ1) is 11.1. The summed E-state index contributed by atoms with van der Waals surface area (Å²) >= 11 is 10.8. The SMILES string of the molecule is CC1CCc2c(N3CCC(=S)CC3)c(F)cc3c(=S)ccn1c23. The van der Waals surface area contributed by atoms with Gasteiger partial charge in [0.05, 0.1) is 11.2 Å². The third-order valence-corrected chi connectivity index (χ3v) is 5.92. The molecule has 0 radical (unpaired) electrons. The van der Waals surface area contributed by atoms with E-state index in [4.69, 9.17) is 24.4 Å². The summed E-state index contributed by atoms with van der Waals surface area (Å²) in [6.07, 6.45) is 5.76. The number of benzene rings is 1. The number of anilines is 1. The largest absolute Gasteiger partial charge is 0.368 e. The van der Waals surface area contributed by atoms with Crippen LogP contribution in [0.25, 0.3) is 10.9 Å². The van der Waals surface area contributed by atoms with Crippen molar-refractivity contribution in [3.05, 3.63) is 34.2 Å². The van der Waals surface area contributed by atoms with E-state index in [2.05, 4.69) is 22.6 Å². The van der Waals surface area contributed by atoms with Crippen molar-refractivity contribution in [3.63, 3.8) is 0 Å². The summed E-state index contributed by atoms with van der Waals surface area (Å²) in [5.74, 6) is -0.140. The van der Waals surface area contributed by atoms with Gasteiger partial charge in [0.2, 0.25) is 0 Å². The molecule has 2 aliphatic rings. The van der Waals surface area contributed by atoms with Gasteiger partial charge in [0.1, 0.15) is 5.82 Å². The monoisotopic (exact) mass is 346 g/mol. The molecule has 2 aliphatic heterocycles. The summed E-state index contributed by atoms with van der Waals surface area (Å²) in [5, 5.41) is 0.873. The van der Waals surface area contributed by atoms with E-state index in [9.17, 15) is 4.39 Å². The van der Waals surface area contributed by atoms with E-state index in [1.807, 2.05) is 6.07 Å². The quantitative estimate of drug-likeness (QED) is 0.673. The zero-order valence-electron chi connectivity index (χ0n) is 13.1. The molecule has 3 heterocycles. The number of nitrogens with zero attached hydrogens (tertiary/aromatic N) is 2. The Hall–Kier alpha value is -1.33. The molecule has 0 bridgehead atoms. The Labute approximate surface area is 145 Å². The zero-order chi connectivity index (χ0) is 16.1. The lowest BCUT2D eigenvalue weighted by molar-refractivity contribution is 0.497. The maximum absolute atomic E-state index is 15.0. The van der Waals surface area contributed by atoms with Gasteiger partial charge in [0, 0.05) is 40.8 Å². The lowest BCUT2D eigenvalue weighted by Crippen LogP contribution is -2.35. The van der Waals surface area contributed by atoms with E-state index in [0.29, 0.717) is 6.04 Å². The Morgan fingerprint density at radius 2 is 1.91 bits per heavy atom. The van der Waals surface area contributed by atoms with Crippen molar-refractivity contribution in [1.29, 1.82) is 0 Å². The van der Waals surface area contributed by atoms with Crippen molar-refractivity contribution in [2.45, 2.75) is 38.6 Å². The Morgan fingerprint density at radius 3 is 2.65 bits per heavy atom. The third kappa shape index (κ3) is 2.41. The van der Waals surface area contributed by atoms with E-state index in [-0.39, 0.29) is 5.82 Å². The van der Waals surface area contributed by atoms with Gasteiger partial charge >= 0.3 is 0 Å². The van der Waals surface area contributed by atoms with E-state index >= 15 is 0 Å². The lowest BCUT2D eigenvalue weighted by Gasteiger charge is -2.35. The molecule has 23 heavy (non-hydrogen) atoms. The summed E-state index contributed by atoms with van der Waals surface area (Å²) in [6, 6.07) is 3.98. The second-order valence-corrected chi connectivity index (χ2v) is 7.60. The molecular formula is C18H19FN2S2. The molecule has 1 unspecified atom stereocenters. The van der Waals surface area contributed by atoms with Gasteiger partial charge in [-0.15, -0.1) is 0 Å². The minimum Gasteiger partial charge on any atom is -0.368 e. The van der Waals surface area contributed by atoms with Gasteiger partial charge in [0.25, 0.3) is 0 Å². The maximum Gasteiger partial charge on any atom is 0.147 e. The number of rotatable bonds is 1. The minimum atomic E-state index is -0.140. The van der Waals surface area contributed by atoms with Crippen molar-refractivity contribution in [2.24, 2.45) is 0 Å². The molecule has 120 valence electrons. The van der Waals surface area contributed by atoms with Gasteiger partial charge in [-0.3, -0.25) is 0 Å². The molecule has 1 aromatic carbocycles. The maximum atomic E-state index is 15.0. The average Bonchev–Trinajstić information content (AvgIpc) is 2.54. The predicted octanol–water partition coefficient (Wildman–Crippen LogP) is 4.99. The fourth-order valence-corrected chi connectivity index (χ4v) is 4.29. The van der Waals surface area contributed by atoms with E-state index in [1.165, 1.54) is 0 Å². The molecule has 1 saturated heterocycles. The van der Waals surface area contributed by atoms with Crippen LogP contribution in [0.15, 0.2) is 18.3 Å². The molecule has 5 heteroatoms. The highest BCUT2D eigenvalue weighted by atomic mass is 32.1. The van der Waals surface area contributed by atoms with Gasteiger partial charge in [-0.2, -0.15) is 0 Å². The van der Waals surface area contributed by atoms with Crippen molar-refractivity contribution in [1.82, 2.24) is 4.57 Å². The summed E-state index contributed by atoms with van der Waals surface area (Å²) in [5.41, 5.74) is 3.03. The van der Waals surface area contributed by atoms with Crippen LogP contribution in [0.2, 0.25) is 0 Å². The van der Waals surface area contributed by atoms with Crippen LogP contribution in [-0.2, 0) is 6.42 Å². The second kappa shape index (κ2) is 5.64. The average molecular weight is 346 g/mol. The minimum absolute atomic E-state index is 0.140. The fourth-order valence-electron chi connectivity index (χ4n) is 3.90. The number of halogens is 1. The molecule has 0 spiro atoms. The number of piperidine rings is 1. The van der Waals surface area contributed by atoms with E-state index in [1.54, 1.807) is 6.07 Å². The van der Waals surface area contributed by atoms with Crippen molar-refractivity contribution in [2.75, 3.05) is 18.0 Å². The first-order valence-electron chi connectivity index (χ1n) is 8.19. The number of aryl methyl sites for hydroxylation is 1. The fraction of sp³-hybridized carbons (Fsp3) is 0.444. The number of thiocarbonyl (C=S) groups is 1. The summed E-state index contributed by atoms with van der Waals surface area (Å²) in [7, 11) is 0. The Balaban J connectivity index is 1.98. The van der Waals surface area contributed by atoms with Crippen molar-refractivity contribution >= 4 is 45.9 Å². The van der Waals surface area contributed by atoms with Crippen LogP contribution in [0.4, 0.5) is 10.1 Å². The van der Waals surface area contributed by atoms with Crippen LogP contribution in [0, 0.1) is 10.3 Å². The lowest BCUT2D eigenvalue weighted by atomic mass is 9.94. The second-order valence-electron chi connectivity index (χ2n) is 6.58. The third-order valence-electron chi connectivity index (χ3n) is 5.16. The molecular weight excluding hydrogens is 327 g/mol. The van der Waals surface area contributed by atoms with Crippen LogP contribution < -0.4 is 4.90 Å². The number of pyridine rings is 1. The molecule has 0 N–H and O–H groups in total. The molecule has 1 fully saturated rings. The number of hydrogen-bond acceptors (Lipinski definition) is 3. The topological polar surface area (TPSA) is 8.17 Å². The summed E-state index contributed by atoms with van der Waals surface area (Å²) < 4.78 is 18.0. The Bertz CT molecular complexity index is 861. The van der Waals surface area contributed by atoms with Gasteiger partial charge < -0.3 is 9.47 Å². The normalized spacial score (nSPS) is 21.0. The molecule has 1 atom stereocenters. The van der Waals surface area contributed by atoms with Gasteiger partial charge in [-0.25, -0.2) is 4.39 Å². The van der Waals surface area contributed by atoms with Crippen molar-refractivity contribution < 1.29 is 4.39 Å². The molecule has 0 amide bonds. The molecule has 0 saturated carbocycles. The molecule has 0 aliphatic carbocycles. The van der Waals surface area contributed by atoms with Crippen LogP contribution in [0.5, 0.6) is 0 Å². The molecule has 2 nitrogen and oxygen atoms in total. The summed E-state index contributed by atoms with van der Waals surface area (Å²) in [4.78, 5) is 3.28. The van der Waals surface area contributed by atoms with Crippen LogP contribution in [-0.4, -0.2) is 22.5 Å². The van der Waals surface area contributed by atoms with Gasteiger partial charge in [0.15, 0.2) is 0 Å². The smallest absolute Gasteiger partial charge is 0.147 e. The predicted molar refractivity (Wildman–Crippen MR) is 99.8 cm³/mol. The van der Waals surface area contributed by atoms with E-state index in [0.717, 1.165) is 70.3 Å². The number of aromatic nitrogens is 1. The first-order valence-corrected chi connectivity index (χ1v) is 9.01. The van der Waals surface area contributed by atoms with Crippen molar-refractivity contribution in [3.8, 4) is 0 Å². The molecule has 4 rings (SSSR count). The van der Waals surface area contributed by atoms with Gasteiger partial charge in [-0.05, 0) is 49.6 Å². The van der Waals surface area contributed by atoms with Crippen LogP contribution in [0.3, 0.4) is 0 Å². The standard InChI is InChI=1S/C18H19FN2S2/c1-11-2-3-13-17-14(16(23)6-9-21(11)17)10-15(19)18(13)20-7-4-12(22)5-8-20/h6,9-11H,2-5,7-8H2,1H3. The first kappa shape index (κ1) is 15.2. The molecule has 1 aromatic heterocycles. The number of hydrogen-bond donors (Lipinski definition) is 0. The Morgan fingerprint density at radius 1 is 1.17 bits per heavy atom. The highest BCUT2D eigenvalue weighted by Gasteiger charge is 2.27. The molecule has 2 aromatic rings. The van der Waals surface area contributed by atoms with Crippen LogP contribution >= 0.6 is 24.4 Å². The highest BCUT2D eigenvalue weighted by Crippen LogP contribution is 2.39. The Kier molecular flexibility index (Phi) is 3.73. The van der Waals surface area contributed by atoms with Crippen LogP contribution in [0.1, 0.15) is 37.8 Å². The van der Waals surface area contributed by atoms with E-state index < -0.39 is 0 Å². The zero-order valence-corrected chi connectivity index (χ0v) is 14.8. The highest BCUT2D eigenvalue weighted by molar-refractivity contribution is 7.80. The van der Waals surface area contributed by atoms with Gasteiger partial charge in [-0.1, -0.05) is 24.4 Å². The summed E-state index contributed by atoms with van der Waals surface area (Å²) in [6.45, 7) is 3.85.